The number of aromatic nitrogens is 2. The molecule has 0 fully saturated rings. The molecular formula is C22H32N4O2S. The minimum Gasteiger partial charge on any atom is -0.346 e. The smallest absolute Gasteiger partial charge is 0.243 e. The second kappa shape index (κ2) is 9.96. The molecule has 0 saturated carbocycles. The maximum absolute atomic E-state index is 12.3. The standard InChI is InChI=1S/C22H32N4O2S/c1-13(2)11-26-18(7)17(6)24-22(26)29-12-20(28)23-10-19(27)25-21-15(4)8-14(3)9-16(21)5/h8-9,13H,10-12H2,1-7H3,(H,23,28)(H,25,27). The van der Waals surface area contributed by atoms with Crippen LogP contribution in [0.1, 0.15) is 41.9 Å². The first kappa shape index (κ1) is 23.0. The third-order valence-electron chi connectivity index (χ3n) is 4.69. The SMILES string of the molecule is Cc1cc(C)c(NC(=O)CNC(=O)CSc2nc(C)c(C)n2CC(C)C)c(C)c1. The van der Waals surface area contributed by atoms with Gasteiger partial charge in [0.15, 0.2) is 5.16 Å². The number of nitrogens with one attached hydrogen (secondary N) is 2. The Kier molecular flexibility index (Phi) is 7.90. The Morgan fingerprint density at radius 2 is 1.69 bits per heavy atom. The van der Waals surface area contributed by atoms with E-state index in [-0.39, 0.29) is 24.1 Å². The van der Waals surface area contributed by atoms with Gasteiger partial charge in [-0.05, 0) is 51.7 Å². The molecule has 0 radical (unpaired) electrons. The molecule has 2 amide bonds. The van der Waals surface area contributed by atoms with E-state index in [0.717, 1.165) is 45.5 Å². The monoisotopic (exact) mass is 416 g/mol. The van der Waals surface area contributed by atoms with E-state index in [1.165, 1.54) is 11.8 Å². The van der Waals surface area contributed by atoms with Gasteiger partial charge < -0.3 is 15.2 Å². The molecule has 29 heavy (non-hydrogen) atoms. The van der Waals surface area contributed by atoms with Crippen molar-refractivity contribution in [3.8, 4) is 0 Å². The van der Waals surface area contributed by atoms with Crippen LogP contribution in [0, 0.1) is 40.5 Å². The van der Waals surface area contributed by atoms with Gasteiger partial charge in [-0.25, -0.2) is 4.98 Å². The Labute approximate surface area is 177 Å². The Hall–Kier alpha value is -2.28. The quantitative estimate of drug-likeness (QED) is 0.640. The molecule has 0 aliphatic heterocycles. The van der Waals surface area contributed by atoms with Gasteiger partial charge in [0.05, 0.1) is 18.0 Å². The Bertz CT molecular complexity index is 879. The topological polar surface area (TPSA) is 76.0 Å². The molecule has 1 aromatic carbocycles. The van der Waals surface area contributed by atoms with E-state index in [0.29, 0.717) is 5.92 Å². The van der Waals surface area contributed by atoms with Crippen LogP contribution in [0.25, 0.3) is 0 Å². The van der Waals surface area contributed by atoms with Gasteiger partial charge in [-0.1, -0.05) is 43.3 Å². The zero-order chi connectivity index (χ0) is 21.7. The van der Waals surface area contributed by atoms with Crippen LogP contribution in [-0.4, -0.2) is 33.7 Å². The summed E-state index contributed by atoms with van der Waals surface area (Å²) < 4.78 is 2.16. The van der Waals surface area contributed by atoms with Crippen molar-refractivity contribution in [1.82, 2.24) is 14.9 Å². The van der Waals surface area contributed by atoms with Crippen molar-refractivity contribution >= 4 is 29.3 Å². The maximum atomic E-state index is 12.3. The highest BCUT2D eigenvalue weighted by Gasteiger charge is 2.15. The van der Waals surface area contributed by atoms with Crippen molar-refractivity contribution in [3.05, 3.63) is 40.2 Å². The Morgan fingerprint density at radius 3 is 2.28 bits per heavy atom. The van der Waals surface area contributed by atoms with Gasteiger partial charge in [0.1, 0.15) is 0 Å². The summed E-state index contributed by atoms with van der Waals surface area (Å²) in [6, 6.07) is 4.06. The summed E-state index contributed by atoms with van der Waals surface area (Å²) in [6.07, 6.45) is 0. The van der Waals surface area contributed by atoms with E-state index in [2.05, 4.69) is 34.0 Å². The zero-order valence-electron chi connectivity index (χ0n) is 18.5. The molecule has 0 saturated heterocycles. The summed E-state index contributed by atoms with van der Waals surface area (Å²) in [5, 5.41) is 6.44. The molecule has 7 heteroatoms. The predicted octanol–water partition coefficient (Wildman–Crippen LogP) is 3.93. The number of aryl methyl sites for hydroxylation is 4. The second-order valence-electron chi connectivity index (χ2n) is 7.96. The number of anilines is 1. The largest absolute Gasteiger partial charge is 0.346 e. The molecule has 158 valence electrons. The first-order valence-corrected chi connectivity index (χ1v) is 10.9. The molecule has 0 aliphatic carbocycles. The average Bonchev–Trinajstić information content (AvgIpc) is 2.88. The summed E-state index contributed by atoms with van der Waals surface area (Å²) in [4.78, 5) is 29.1. The van der Waals surface area contributed by atoms with Gasteiger partial charge in [-0.2, -0.15) is 0 Å². The fourth-order valence-corrected chi connectivity index (χ4v) is 4.17. The minimum absolute atomic E-state index is 0.0510. The van der Waals surface area contributed by atoms with Crippen LogP contribution in [0.5, 0.6) is 0 Å². The summed E-state index contributed by atoms with van der Waals surface area (Å²) in [5.41, 5.74) is 6.11. The highest BCUT2D eigenvalue weighted by atomic mass is 32.2. The van der Waals surface area contributed by atoms with Gasteiger partial charge in [0.2, 0.25) is 11.8 Å². The van der Waals surface area contributed by atoms with E-state index in [1.807, 2.05) is 46.8 Å². The Balaban J connectivity index is 1.88. The summed E-state index contributed by atoms with van der Waals surface area (Å²) in [5.74, 6) is 0.306. The molecule has 2 N–H and O–H groups in total. The maximum Gasteiger partial charge on any atom is 0.243 e. The van der Waals surface area contributed by atoms with Gasteiger partial charge in [0.25, 0.3) is 0 Å². The van der Waals surface area contributed by atoms with E-state index in [9.17, 15) is 9.59 Å². The van der Waals surface area contributed by atoms with Crippen LogP contribution < -0.4 is 10.6 Å². The number of nitrogens with zero attached hydrogens (tertiary/aromatic N) is 2. The highest BCUT2D eigenvalue weighted by Crippen LogP contribution is 2.23. The number of hydrogen-bond donors (Lipinski definition) is 2. The molecule has 0 unspecified atom stereocenters. The van der Waals surface area contributed by atoms with Crippen LogP contribution in [0.3, 0.4) is 0 Å². The number of rotatable bonds is 8. The number of amides is 2. The van der Waals surface area contributed by atoms with Crippen molar-refractivity contribution in [3.63, 3.8) is 0 Å². The molecule has 0 spiro atoms. The van der Waals surface area contributed by atoms with Crippen LogP contribution in [0.4, 0.5) is 5.69 Å². The van der Waals surface area contributed by atoms with Crippen molar-refractivity contribution in [2.24, 2.45) is 5.92 Å². The van der Waals surface area contributed by atoms with Gasteiger partial charge >= 0.3 is 0 Å². The number of imidazole rings is 1. The van der Waals surface area contributed by atoms with Crippen molar-refractivity contribution in [1.29, 1.82) is 0 Å². The lowest BCUT2D eigenvalue weighted by Gasteiger charge is -2.13. The molecule has 0 bridgehead atoms. The van der Waals surface area contributed by atoms with E-state index in [1.54, 1.807) is 0 Å². The van der Waals surface area contributed by atoms with Crippen LogP contribution in [0.2, 0.25) is 0 Å². The highest BCUT2D eigenvalue weighted by molar-refractivity contribution is 7.99. The van der Waals surface area contributed by atoms with Crippen molar-refractivity contribution in [2.75, 3.05) is 17.6 Å². The first-order chi connectivity index (χ1) is 13.6. The molecule has 0 atom stereocenters. The second-order valence-corrected chi connectivity index (χ2v) is 8.90. The number of carbonyl (C=O) groups excluding carboxylic acids is 2. The molecule has 6 nitrogen and oxygen atoms in total. The van der Waals surface area contributed by atoms with Gasteiger partial charge in [0, 0.05) is 17.9 Å². The molecule has 0 aliphatic rings. The summed E-state index contributed by atoms with van der Waals surface area (Å²) in [7, 11) is 0. The lowest BCUT2D eigenvalue weighted by Crippen LogP contribution is -2.34. The number of hydrogen-bond acceptors (Lipinski definition) is 4. The third-order valence-corrected chi connectivity index (χ3v) is 5.67. The minimum atomic E-state index is -0.230. The van der Waals surface area contributed by atoms with E-state index in [4.69, 9.17) is 0 Å². The number of carbonyl (C=O) groups is 2. The fraction of sp³-hybridized carbons (Fsp3) is 0.500. The third kappa shape index (κ3) is 6.35. The van der Waals surface area contributed by atoms with Crippen molar-refractivity contribution in [2.45, 2.75) is 60.2 Å². The average molecular weight is 417 g/mol. The van der Waals surface area contributed by atoms with Crippen LogP contribution >= 0.6 is 11.8 Å². The molecule has 2 rings (SSSR count). The Morgan fingerprint density at radius 1 is 1.07 bits per heavy atom. The predicted molar refractivity (Wildman–Crippen MR) is 120 cm³/mol. The lowest BCUT2D eigenvalue weighted by molar-refractivity contribution is -0.122. The van der Waals surface area contributed by atoms with Crippen LogP contribution in [0.15, 0.2) is 17.3 Å². The molecule has 2 aromatic rings. The van der Waals surface area contributed by atoms with Gasteiger partial charge in [-0.3, -0.25) is 9.59 Å². The lowest BCUT2D eigenvalue weighted by atomic mass is 10.1. The summed E-state index contributed by atoms with van der Waals surface area (Å²) >= 11 is 1.40. The summed E-state index contributed by atoms with van der Waals surface area (Å²) in [6.45, 7) is 15.1. The van der Waals surface area contributed by atoms with Crippen molar-refractivity contribution < 1.29 is 9.59 Å². The molecular weight excluding hydrogens is 384 g/mol. The number of thioether (sulfide) groups is 1. The van der Waals surface area contributed by atoms with Crippen LogP contribution in [-0.2, 0) is 16.1 Å². The zero-order valence-corrected chi connectivity index (χ0v) is 19.3. The number of benzene rings is 1. The molecule has 1 aromatic heterocycles. The first-order valence-electron chi connectivity index (χ1n) is 9.89. The van der Waals surface area contributed by atoms with E-state index >= 15 is 0 Å². The molecule has 1 heterocycles. The fourth-order valence-electron chi connectivity index (χ4n) is 3.23. The normalized spacial score (nSPS) is 11.0. The van der Waals surface area contributed by atoms with E-state index < -0.39 is 0 Å². The van der Waals surface area contributed by atoms with Gasteiger partial charge in [-0.15, -0.1) is 0 Å².